The second-order valence-electron chi connectivity index (χ2n) is 5.67. The molecule has 1 amide bonds. The minimum Gasteiger partial charge on any atom is -0.494 e. The lowest BCUT2D eigenvalue weighted by Crippen LogP contribution is -2.43. The lowest BCUT2D eigenvalue weighted by molar-refractivity contribution is -0.139. The van der Waals surface area contributed by atoms with Crippen LogP contribution in [0.4, 0.5) is 0 Å². The number of carboxylic acids is 1. The fraction of sp³-hybridized carbons (Fsp3) is 0.529. The number of ether oxygens (including phenoxy) is 1. The molecule has 1 aromatic carbocycles. The molecule has 6 nitrogen and oxygen atoms in total. The maximum Gasteiger partial charge on any atom is 0.317 e. The Bertz CT molecular complexity index is 517. The first kappa shape index (κ1) is 19.0. The summed E-state index contributed by atoms with van der Waals surface area (Å²) in [6, 6.07) is 7.57. The summed E-state index contributed by atoms with van der Waals surface area (Å²) in [7, 11) is 0. The van der Waals surface area contributed by atoms with Gasteiger partial charge in [-0.05, 0) is 38.0 Å². The van der Waals surface area contributed by atoms with Crippen molar-refractivity contribution >= 4 is 11.9 Å². The first-order chi connectivity index (χ1) is 10.9. The van der Waals surface area contributed by atoms with E-state index in [1.807, 2.05) is 45.0 Å². The lowest BCUT2D eigenvalue weighted by atomic mass is 10.2. The van der Waals surface area contributed by atoms with Crippen LogP contribution in [0.25, 0.3) is 0 Å². The van der Waals surface area contributed by atoms with Crippen LogP contribution in [0.1, 0.15) is 32.8 Å². The predicted octanol–water partition coefficient (Wildman–Crippen LogP) is 1.89. The molecular formula is C17H26N2O4. The van der Waals surface area contributed by atoms with E-state index in [1.54, 1.807) is 4.90 Å². The maximum atomic E-state index is 12.0. The van der Waals surface area contributed by atoms with Gasteiger partial charge in [0.05, 0.1) is 19.7 Å². The molecule has 23 heavy (non-hydrogen) atoms. The third kappa shape index (κ3) is 7.65. The average Bonchev–Trinajstić information content (AvgIpc) is 2.50. The standard InChI is InChI=1S/C17H26N2O4/c1-4-8-23-15-7-5-6-14(9-15)10-18-16(20)11-19(13(2)3)12-17(21)22/h5-7,9,13H,4,8,10-12H2,1-3H3,(H,18,20)(H,21,22). The van der Waals surface area contributed by atoms with Crippen LogP contribution in [-0.4, -0.2) is 47.6 Å². The van der Waals surface area contributed by atoms with Gasteiger partial charge >= 0.3 is 5.97 Å². The third-order valence-electron chi connectivity index (χ3n) is 3.28. The van der Waals surface area contributed by atoms with Crippen molar-refractivity contribution in [3.8, 4) is 5.75 Å². The molecule has 1 aromatic rings. The summed E-state index contributed by atoms with van der Waals surface area (Å²) < 4.78 is 5.56. The number of hydrogen-bond donors (Lipinski definition) is 2. The van der Waals surface area contributed by atoms with Crippen LogP contribution in [0.3, 0.4) is 0 Å². The number of aliphatic carboxylic acids is 1. The smallest absolute Gasteiger partial charge is 0.317 e. The number of carbonyl (C=O) groups excluding carboxylic acids is 1. The van der Waals surface area contributed by atoms with Crippen LogP contribution in [0.5, 0.6) is 5.75 Å². The van der Waals surface area contributed by atoms with Gasteiger partial charge in [-0.1, -0.05) is 19.1 Å². The summed E-state index contributed by atoms with van der Waals surface area (Å²) in [5, 5.41) is 11.7. The Hall–Kier alpha value is -2.08. The molecule has 128 valence electrons. The van der Waals surface area contributed by atoms with Crippen LogP contribution < -0.4 is 10.1 Å². The van der Waals surface area contributed by atoms with E-state index in [0.717, 1.165) is 17.7 Å². The van der Waals surface area contributed by atoms with E-state index in [4.69, 9.17) is 9.84 Å². The van der Waals surface area contributed by atoms with E-state index >= 15 is 0 Å². The monoisotopic (exact) mass is 322 g/mol. The van der Waals surface area contributed by atoms with Crippen molar-refractivity contribution < 1.29 is 19.4 Å². The Morgan fingerprint density at radius 1 is 1.30 bits per heavy atom. The average molecular weight is 322 g/mol. The summed E-state index contributed by atoms with van der Waals surface area (Å²) in [5.41, 5.74) is 0.946. The molecule has 0 spiro atoms. The van der Waals surface area contributed by atoms with E-state index in [1.165, 1.54) is 0 Å². The van der Waals surface area contributed by atoms with Gasteiger partial charge in [0.2, 0.25) is 5.91 Å². The molecule has 2 N–H and O–H groups in total. The fourth-order valence-corrected chi connectivity index (χ4v) is 2.00. The summed E-state index contributed by atoms with van der Waals surface area (Å²) in [6.45, 7) is 6.74. The first-order valence-corrected chi connectivity index (χ1v) is 7.86. The third-order valence-corrected chi connectivity index (χ3v) is 3.28. The zero-order valence-electron chi connectivity index (χ0n) is 14.0. The predicted molar refractivity (Wildman–Crippen MR) is 88.4 cm³/mol. The summed E-state index contributed by atoms with van der Waals surface area (Å²) in [5.74, 6) is -0.347. The molecule has 0 aliphatic heterocycles. The number of carbonyl (C=O) groups is 2. The number of amides is 1. The second-order valence-corrected chi connectivity index (χ2v) is 5.67. The maximum absolute atomic E-state index is 12.0. The molecule has 0 aliphatic rings. The first-order valence-electron chi connectivity index (χ1n) is 7.86. The van der Waals surface area contributed by atoms with E-state index in [0.29, 0.717) is 13.2 Å². The van der Waals surface area contributed by atoms with Crippen molar-refractivity contribution in [1.29, 1.82) is 0 Å². The fourth-order valence-electron chi connectivity index (χ4n) is 2.00. The molecule has 0 aromatic heterocycles. The molecule has 0 saturated carbocycles. The van der Waals surface area contributed by atoms with Crippen LogP contribution >= 0.6 is 0 Å². The SMILES string of the molecule is CCCOc1cccc(CNC(=O)CN(CC(=O)O)C(C)C)c1. The van der Waals surface area contributed by atoms with Gasteiger partial charge in [-0.3, -0.25) is 14.5 Å². The molecule has 1 rings (SSSR count). The quantitative estimate of drug-likeness (QED) is 0.688. The highest BCUT2D eigenvalue weighted by atomic mass is 16.5. The Morgan fingerprint density at radius 3 is 2.65 bits per heavy atom. The minimum absolute atomic E-state index is 0.0115. The zero-order valence-corrected chi connectivity index (χ0v) is 14.0. The van der Waals surface area contributed by atoms with Crippen LogP contribution in [0.15, 0.2) is 24.3 Å². The minimum atomic E-state index is -0.938. The summed E-state index contributed by atoms with van der Waals surface area (Å²) >= 11 is 0. The highest BCUT2D eigenvalue weighted by molar-refractivity contribution is 5.79. The Labute approximate surface area is 137 Å². The van der Waals surface area contributed by atoms with Crippen molar-refractivity contribution in [2.24, 2.45) is 0 Å². The number of nitrogens with zero attached hydrogens (tertiary/aromatic N) is 1. The van der Waals surface area contributed by atoms with Crippen LogP contribution in [0, 0.1) is 0 Å². The molecule has 0 atom stereocenters. The Balaban J connectivity index is 2.50. The topological polar surface area (TPSA) is 78.9 Å². The number of benzene rings is 1. The van der Waals surface area contributed by atoms with Gasteiger partial charge in [0.15, 0.2) is 0 Å². The molecular weight excluding hydrogens is 296 g/mol. The second kappa shape index (κ2) is 9.84. The molecule has 0 heterocycles. The number of hydrogen-bond acceptors (Lipinski definition) is 4. The molecule has 0 saturated heterocycles. The highest BCUT2D eigenvalue weighted by Gasteiger charge is 2.16. The van der Waals surface area contributed by atoms with Crippen molar-refractivity contribution in [3.63, 3.8) is 0 Å². The number of nitrogens with one attached hydrogen (secondary N) is 1. The van der Waals surface area contributed by atoms with Crippen LogP contribution in [-0.2, 0) is 16.1 Å². The van der Waals surface area contributed by atoms with E-state index in [9.17, 15) is 9.59 Å². The Kier molecular flexibility index (Phi) is 8.11. The summed E-state index contributed by atoms with van der Waals surface area (Å²) in [6.07, 6.45) is 0.940. The van der Waals surface area contributed by atoms with Gasteiger partial charge in [0.1, 0.15) is 5.75 Å². The van der Waals surface area contributed by atoms with Gasteiger partial charge in [-0.25, -0.2) is 0 Å². The van der Waals surface area contributed by atoms with Crippen molar-refractivity contribution in [2.45, 2.75) is 39.8 Å². The molecule has 0 bridgehead atoms. The number of carboxylic acid groups (broad SMARTS) is 1. The van der Waals surface area contributed by atoms with E-state index < -0.39 is 5.97 Å². The summed E-state index contributed by atoms with van der Waals surface area (Å²) in [4.78, 5) is 24.4. The van der Waals surface area contributed by atoms with Crippen LogP contribution in [0.2, 0.25) is 0 Å². The van der Waals surface area contributed by atoms with Crippen molar-refractivity contribution in [1.82, 2.24) is 10.2 Å². The van der Waals surface area contributed by atoms with E-state index in [2.05, 4.69) is 5.32 Å². The van der Waals surface area contributed by atoms with Crippen molar-refractivity contribution in [2.75, 3.05) is 19.7 Å². The number of rotatable bonds is 10. The van der Waals surface area contributed by atoms with Gasteiger partial charge in [-0.2, -0.15) is 0 Å². The van der Waals surface area contributed by atoms with Gasteiger partial charge < -0.3 is 15.2 Å². The normalized spacial score (nSPS) is 10.8. The van der Waals surface area contributed by atoms with Gasteiger partial charge in [0.25, 0.3) is 0 Å². The molecule has 0 fully saturated rings. The van der Waals surface area contributed by atoms with Gasteiger partial charge in [-0.15, -0.1) is 0 Å². The lowest BCUT2D eigenvalue weighted by Gasteiger charge is -2.23. The van der Waals surface area contributed by atoms with E-state index in [-0.39, 0.29) is 25.0 Å². The molecule has 0 unspecified atom stereocenters. The Morgan fingerprint density at radius 2 is 2.04 bits per heavy atom. The highest BCUT2D eigenvalue weighted by Crippen LogP contribution is 2.13. The van der Waals surface area contributed by atoms with Gasteiger partial charge in [0, 0.05) is 12.6 Å². The molecule has 6 heteroatoms. The van der Waals surface area contributed by atoms with Crippen molar-refractivity contribution in [3.05, 3.63) is 29.8 Å². The largest absolute Gasteiger partial charge is 0.494 e. The molecule has 0 radical (unpaired) electrons. The molecule has 0 aliphatic carbocycles. The zero-order chi connectivity index (χ0) is 17.2.